The SMILES string of the molecule is NS(=O)(=O)c1ccc(Br)c(C(=O)NCc2ccc(Cl)s2)c1. The van der Waals surface area contributed by atoms with Crippen LogP contribution in [0.3, 0.4) is 0 Å². The minimum absolute atomic E-state index is 0.116. The molecule has 1 heterocycles. The first-order valence-corrected chi connectivity index (χ1v) is 9.15. The molecule has 0 bridgehead atoms. The Bertz CT molecular complexity index is 790. The summed E-state index contributed by atoms with van der Waals surface area (Å²) in [4.78, 5) is 12.9. The van der Waals surface area contributed by atoms with Gasteiger partial charge in [-0.3, -0.25) is 4.79 Å². The van der Waals surface area contributed by atoms with Crippen molar-refractivity contribution in [2.24, 2.45) is 5.14 Å². The maximum atomic E-state index is 12.1. The second-order valence-corrected chi connectivity index (χ2v) is 8.29. The zero-order valence-electron chi connectivity index (χ0n) is 10.5. The van der Waals surface area contributed by atoms with Crippen LogP contribution in [0.1, 0.15) is 15.2 Å². The van der Waals surface area contributed by atoms with Crippen LogP contribution in [0, 0.1) is 0 Å². The third-order valence-electron chi connectivity index (χ3n) is 2.56. The van der Waals surface area contributed by atoms with E-state index in [2.05, 4.69) is 21.2 Å². The van der Waals surface area contributed by atoms with E-state index in [9.17, 15) is 13.2 Å². The zero-order chi connectivity index (χ0) is 15.6. The third kappa shape index (κ3) is 4.27. The van der Waals surface area contributed by atoms with E-state index in [1.54, 1.807) is 6.07 Å². The molecular formula is C12H10BrClN2O3S2. The van der Waals surface area contributed by atoms with Gasteiger partial charge in [0, 0.05) is 9.35 Å². The maximum absolute atomic E-state index is 12.1. The molecule has 0 aliphatic heterocycles. The predicted molar refractivity (Wildman–Crippen MR) is 86.0 cm³/mol. The summed E-state index contributed by atoms with van der Waals surface area (Å²) in [5.41, 5.74) is 0.198. The van der Waals surface area contributed by atoms with Crippen LogP contribution in [-0.4, -0.2) is 14.3 Å². The van der Waals surface area contributed by atoms with E-state index in [0.29, 0.717) is 15.4 Å². The standard InChI is InChI=1S/C12H10BrClN2O3S2/c13-10-3-2-8(21(15,18)19)5-9(10)12(17)16-6-7-1-4-11(14)20-7/h1-5H,6H2,(H,16,17)(H2,15,18,19). The normalized spacial score (nSPS) is 11.4. The van der Waals surface area contributed by atoms with E-state index in [0.717, 1.165) is 4.88 Å². The Balaban J connectivity index is 2.18. The Labute approximate surface area is 139 Å². The molecule has 9 heteroatoms. The van der Waals surface area contributed by atoms with Crippen LogP contribution in [0.2, 0.25) is 4.34 Å². The van der Waals surface area contributed by atoms with Crippen molar-refractivity contribution in [3.63, 3.8) is 0 Å². The van der Waals surface area contributed by atoms with Crippen molar-refractivity contribution in [1.82, 2.24) is 5.32 Å². The van der Waals surface area contributed by atoms with Gasteiger partial charge in [-0.15, -0.1) is 11.3 Å². The molecule has 0 unspecified atom stereocenters. The Morgan fingerprint density at radius 2 is 2.05 bits per heavy atom. The number of hydrogen-bond acceptors (Lipinski definition) is 4. The number of hydrogen-bond donors (Lipinski definition) is 2. The molecule has 0 saturated heterocycles. The third-order valence-corrected chi connectivity index (χ3v) is 5.40. The molecule has 112 valence electrons. The number of thiophene rings is 1. The molecule has 2 rings (SSSR count). The van der Waals surface area contributed by atoms with Gasteiger partial charge in [-0.2, -0.15) is 0 Å². The smallest absolute Gasteiger partial charge is 0.252 e. The van der Waals surface area contributed by atoms with Crippen molar-refractivity contribution < 1.29 is 13.2 Å². The van der Waals surface area contributed by atoms with Crippen LogP contribution < -0.4 is 10.5 Å². The molecule has 0 saturated carbocycles. The molecule has 21 heavy (non-hydrogen) atoms. The fourth-order valence-electron chi connectivity index (χ4n) is 1.56. The average molecular weight is 410 g/mol. The van der Waals surface area contributed by atoms with Crippen molar-refractivity contribution >= 4 is 54.8 Å². The summed E-state index contributed by atoms with van der Waals surface area (Å²) in [6.07, 6.45) is 0. The van der Waals surface area contributed by atoms with E-state index in [4.69, 9.17) is 16.7 Å². The van der Waals surface area contributed by atoms with Crippen molar-refractivity contribution in [1.29, 1.82) is 0 Å². The van der Waals surface area contributed by atoms with Gasteiger partial charge in [0.05, 0.1) is 21.3 Å². The topological polar surface area (TPSA) is 89.3 Å². The quantitative estimate of drug-likeness (QED) is 0.813. The molecule has 1 aromatic heterocycles. The summed E-state index contributed by atoms with van der Waals surface area (Å²) in [5, 5.41) is 7.75. The fraction of sp³-hybridized carbons (Fsp3) is 0.0833. The molecule has 0 spiro atoms. The second-order valence-electron chi connectivity index (χ2n) is 4.08. The Morgan fingerprint density at radius 3 is 2.62 bits per heavy atom. The van der Waals surface area contributed by atoms with Crippen LogP contribution in [0.25, 0.3) is 0 Å². The monoisotopic (exact) mass is 408 g/mol. The summed E-state index contributed by atoms with van der Waals surface area (Å²) in [6, 6.07) is 7.58. The predicted octanol–water partition coefficient (Wildman–Crippen LogP) is 2.74. The number of sulfonamides is 1. The van der Waals surface area contributed by atoms with Crippen molar-refractivity contribution in [2.45, 2.75) is 11.4 Å². The minimum atomic E-state index is -3.86. The number of carbonyl (C=O) groups is 1. The summed E-state index contributed by atoms with van der Waals surface area (Å²) < 4.78 is 23.8. The lowest BCUT2D eigenvalue weighted by atomic mass is 10.2. The maximum Gasteiger partial charge on any atom is 0.252 e. The van der Waals surface area contributed by atoms with Crippen molar-refractivity contribution in [2.75, 3.05) is 0 Å². The van der Waals surface area contributed by atoms with Crippen LogP contribution in [0.5, 0.6) is 0 Å². The number of nitrogens with two attached hydrogens (primary N) is 1. The number of carbonyl (C=O) groups excluding carboxylic acids is 1. The van der Waals surface area contributed by atoms with Gasteiger partial charge in [0.15, 0.2) is 0 Å². The lowest BCUT2D eigenvalue weighted by Crippen LogP contribution is -2.23. The van der Waals surface area contributed by atoms with Gasteiger partial charge >= 0.3 is 0 Å². The highest BCUT2D eigenvalue weighted by molar-refractivity contribution is 9.10. The number of halogens is 2. The summed E-state index contributed by atoms with van der Waals surface area (Å²) in [6.45, 7) is 0.308. The van der Waals surface area contributed by atoms with Gasteiger partial charge in [0.25, 0.3) is 5.91 Å². The molecule has 0 fully saturated rings. The first-order chi connectivity index (χ1) is 9.77. The van der Waals surface area contributed by atoms with Gasteiger partial charge in [0.1, 0.15) is 0 Å². The Morgan fingerprint density at radius 1 is 1.33 bits per heavy atom. The van der Waals surface area contributed by atoms with Gasteiger partial charge in [-0.1, -0.05) is 11.6 Å². The first-order valence-electron chi connectivity index (χ1n) is 5.62. The van der Waals surface area contributed by atoms with E-state index in [1.807, 2.05) is 6.07 Å². The average Bonchev–Trinajstić information content (AvgIpc) is 2.81. The molecular weight excluding hydrogens is 400 g/mol. The molecule has 0 radical (unpaired) electrons. The molecule has 0 atom stereocenters. The van der Waals surface area contributed by atoms with Gasteiger partial charge < -0.3 is 5.32 Å². The van der Waals surface area contributed by atoms with E-state index < -0.39 is 15.9 Å². The molecule has 5 nitrogen and oxygen atoms in total. The lowest BCUT2D eigenvalue weighted by molar-refractivity contribution is 0.0950. The van der Waals surface area contributed by atoms with Crippen LogP contribution in [-0.2, 0) is 16.6 Å². The molecule has 1 aromatic carbocycles. The number of amides is 1. The summed E-state index contributed by atoms with van der Waals surface area (Å²) >= 11 is 10.4. The van der Waals surface area contributed by atoms with E-state index >= 15 is 0 Å². The van der Waals surface area contributed by atoms with Crippen molar-refractivity contribution in [3.05, 3.63) is 49.6 Å². The van der Waals surface area contributed by atoms with E-state index in [1.165, 1.54) is 29.5 Å². The highest BCUT2D eigenvalue weighted by atomic mass is 79.9. The largest absolute Gasteiger partial charge is 0.347 e. The number of primary sulfonamides is 1. The van der Waals surface area contributed by atoms with E-state index in [-0.39, 0.29) is 10.5 Å². The fourth-order valence-corrected chi connectivity index (χ4v) is 3.56. The zero-order valence-corrected chi connectivity index (χ0v) is 14.4. The molecule has 1 amide bonds. The van der Waals surface area contributed by atoms with Gasteiger partial charge in [0.2, 0.25) is 10.0 Å². The number of rotatable bonds is 4. The van der Waals surface area contributed by atoms with Gasteiger partial charge in [-0.25, -0.2) is 13.6 Å². The molecule has 3 N–H and O–H groups in total. The Kier molecular flexibility index (Phi) is 5.05. The number of nitrogens with one attached hydrogen (secondary N) is 1. The highest BCUT2D eigenvalue weighted by Gasteiger charge is 2.15. The summed E-state index contributed by atoms with van der Waals surface area (Å²) in [5.74, 6) is -0.406. The van der Waals surface area contributed by atoms with Crippen LogP contribution in [0.4, 0.5) is 0 Å². The Hall–Kier alpha value is -0.930. The minimum Gasteiger partial charge on any atom is -0.347 e. The van der Waals surface area contributed by atoms with Crippen LogP contribution >= 0.6 is 38.9 Å². The second kappa shape index (κ2) is 6.45. The molecule has 2 aromatic rings. The van der Waals surface area contributed by atoms with Gasteiger partial charge in [-0.05, 0) is 46.3 Å². The van der Waals surface area contributed by atoms with Crippen molar-refractivity contribution in [3.8, 4) is 0 Å². The summed E-state index contributed by atoms with van der Waals surface area (Å²) in [7, 11) is -3.86. The highest BCUT2D eigenvalue weighted by Crippen LogP contribution is 2.22. The first kappa shape index (κ1) is 16.4. The van der Waals surface area contributed by atoms with Crippen LogP contribution in [0.15, 0.2) is 39.7 Å². The number of benzene rings is 1. The lowest BCUT2D eigenvalue weighted by Gasteiger charge is -2.07. The molecule has 0 aliphatic carbocycles. The molecule has 0 aliphatic rings.